The summed E-state index contributed by atoms with van der Waals surface area (Å²) in [5.74, 6) is -1.68. The third-order valence-corrected chi connectivity index (χ3v) is 11.1. The Bertz CT molecular complexity index is 772. The minimum Gasteiger partial charge on any atom is -0.382 e. The molecule has 2 atom stereocenters. The molecule has 0 amide bonds. The summed E-state index contributed by atoms with van der Waals surface area (Å²) in [6.07, 6.45) is 32.9. The molecule has 0 aromatic rings. The molecule has 0 spiro atoms. The molecule has 0 saturated heterocycles. The van der Waals surface area contributed by atoms with Gasteiger partial charge in [-0.25, -0.2) is 0 Å². The molecule has 0 aromatic carbocycles. The third-order valence-electron chi connectivity index (χ3n) is 9.68. The smallest absolute Gasteiger partial charge is 0.356 e. The van der Waals surface area contributed by atoms with Crippen molar-refractivity contribution in [1.29, 1.82) is 0 Å². The van der Waals surface area contributed by atoms with Crippen molar-refractivity contribution in [3.05, 3.63) is 0 Å². The molecule has 0 radical (unpaired) electrons. The van der Waals surface area contributed by atoms with Crippen molar-refractivity contribution in [1.82, 2.24) is 0 Å². The summed E-state index contributed by atoms with van der Waals surface area (Å²) in [6.45, 7) is 4.49. The molecule has 274 valence electrons. The minimum absolute atomic E-state index is 0.0371. The van der Waals surface area contributed by atoms with Crippen molar-refractivity contribution in [2.24, 2.45) is 5.73 Å². The number of rotatable bonds is 36. The molecule has 0 heterocycles. The fourth-order valence-corrected chi connectivity index (χ4v) is 7.28. The second-order valence-electron chi connectivity index (χ2n) is 14.1. The number of Topliss-reactive ketones (excluding diaryl/α,β-unsaturated/α-hetero) is 2. The van der Waals surface area contributed by atoms with Gasteiger partial charge in [-0.2, -0.15) is 0 Å². The maximum Gasteiger partial charge on any atom is 0.356 e. The van der Waals surface area contributed by atoms with Crippen LogP contribution in [0.3, 0.4) is 0 Å². The summed E-state index contributed by atoms with van der Waals surface area (Å²) in [5, 5.41) is 7.73. The van der Waals surface area contributed by atoms with E-state index in [-0.39, 0.29) is 12.8 Å². The topological polar surface area (TPSA) is 138 Å². The van der Waals surface area contributed by atoms with Crippen LogP contribution in [0.5, 0.6) is 0 Å². The van der Waals surface area contributed by atoms with Crippen LogP contribution >= 0.6 is 7.60 Å². The summed E-state index contributed by atoms with van der Waals surface area (Å²) >= 11 is 0. The Balaban J connectivity index is 4.06. The predicted octanol–water partition coefficient (Wildman–Crippen LogP) is 10.8. The fourth-order valence-electron chi connectivity index (χ4n) is 6.38. The van der Waals surface area contributed by atoms with E-state index in [0.717, 1.165) is 44.9 Å². The van der Waals surface area contributed by atoms with Gasteiger partial charge in [-0.05, 0) is 12.8 Å². The lowest BCUT2D eigenvalue weighted by atomic mass is 9.95. The molecule has 7 nitrogen and oxygen atoms in total. The monoisotopic (exact) mass is 674 g/mol. The number of aliphatic hydroxyl groups is 1. The van der Waals surface area contributed by atoms with Crippen LogP contribution < -0.4 is 5.73 Å². The van der Waals surface area contributed by atoms with Gasteiger partial charge >= 0.3 is 7.60 Å². The standard InChI is InChI=1S/C38H76NO6P/c1-3-5-7-9-11-13-15-17-19-21-23-25-27-29-31-33-35(40)37(42)38(39,46(43,44)45)36(41)34-32-30-28-26-24-22-20-18-16-14-12-10-8-6-4-2/h37,42H,3-34,39H2,1-2H3,(H2,43,44,45). The Morgan fingerprint density at radius 1 is 0.500 bits per heavy atom. The summed E-state index contributed by atoms with van der Waals surface area (Å²) in [4.78, 5) is 45.4. The number of nitrogens with two attached hydrogens (primary N) is 1. The largest absolute Gasteiger partial charge is 0.382 e. The number of carbonyl (C=O) groups is 2. The zero-order chi connectivity index (χ0) is 34.4. The molecular formula is C38H76NO6P. The first-order chi connectivity index (χ1) is 22.1. The summed E-state index contributed by atoms with van der Waals surface area (Å²) in [7, 11) is -5.26. The molecule has 8 heteroatoms. The van der Waals surface area contributed by atoms with E-state index in [1.54, 1.807) is 0 Å². The lowest BCUT2D eigenvalue weighted by Gasteiger charge is -2.32. The second-order valence-corrected chi connectivity index (χ2v) is 15.9. The van der Waals surface area contributed by atoms with Gasteiger partial charge in [-0.3, -0.25) is 14.2 Å². The van der Waals surface area contributed by atoms with Gasteiger partial charge in [0.2, 0.25) is 5.28 Å². The maximum absolute atomic E-state index is 12.9. The van der Waals surface area contributed by atoms with Crippen molar-refractivity contribution >= 4 is 19.2 Å². The van der Waals surface area contributed by atoms with Crippen LogP contribution in [0.25, 0.3) is 0 Å². The molecule has 0 rings (SSSR count). The van der Waals surface area contributed by atoms with Crippen molar-refractivity contribution in [3.8, 4) is 0 Å². The van der Waals surface area contributed by atoms with Crippen LogP contribution in [0.2, 0.25) is 0 Å². The van der Waals surface area contributed by atoms with Crippen LogP contribution in [0.4, 0.5) is 0 Å². The van der Waals surface area contributed by atoms with Crippen LogP contribution in [-0.2, 0) is 14.2 Å². The highest BCUT2D eigenvalue weighted by Gasteiger charge is 2.57. The minimum atomic E-state index is -5.26. The van der Waals surface area contributed by atoms with Gasteiger partial charge in [0.25, 0.3) is 0 Å². The van der Waals surface area contributed by atoms with Gasteiger partial charge in [0.15, 0.2) is 11.6 Å². The van der Waals surface area contributed by atoms with E-state index in [9.17, 15) is 29.0 Å². The van der Waals surface area contributed by atoms with E-state index in [1.165, 1.54) is 135 Å². The highest BCUT2D eigenvalue weighted by Crippen LogP contribution is 2.50. The molecule has 0 fully saturated rings. The Morgan fingerprint density at radius 2 is 0.739 bits per heavy atom. The normalized spacial score (nSPS) is 14.0. The first-order valence-corrected chi connectivity index (χ1v) is 21.3. The van der Waals surface area contributed by atoms with E-state index in [2.05, 4.69) is 13.8 Å². The van der Waals surface area contributed by atoms with Gasteiger partial charge < -0.3 is 20.6 Å². The molecule has 0 aliphatic rings. The molecule has 0 aliphatic carbocycles. The average molecular weight is 674 g/mol. The number of carbonyl (C=O) groups excluding carboxylic acids is 2. The van der Waals surface area contributed by atoms with Gasteiger partial charge in [0, 0.05) is 12.8 Å². The highest BCUT2D eigenvalue weighted by molar-refractivity contribution is 7.55. The Kier molecular flexibility index (Phi) is 30.1. The third kappa shape index (κ3) is 22.9. The predicted molar refractivity (Wildman–Crippen MR) is 194 cm³/mol. The van der Waals surface area contributed by atoms with E-state index < -0.39 is 30.5 Å². The van der Waals surface area contributed by atoms with Crippen molar-refractivity contribution in [2.45, 2.75) is 231 Å². The second kappa shape index (κ2) is 30.5. The Hall–Kier alpha value is -0.590. The summed E-state index contributed by atoms with van der Waals surface area (Å²) in [5.41, 5.74) is 5.90. The maximum atomic E-state index is 12.9. The lowest BCUT2D eigenvalue weighted by Crippen LogP contribution is -2.59. The highest BCUT2D eigenvalue weighted by atomic mass is 31.2. The number of aliphatic hydroxyl groups excluding tert-OH is 1. The van der Waals surface area contributed by atoms with Crippen LogP contribution in [-0.4, -0.2) is 37.8 Å². The Labute approximate surface area is 284 Å². The number of ketones is 2. The molecule has 46 heavy (non-hydrogen) atoms. The van der Waals surface area contributed by atoms with Crippen molar-refractivity contribution in [2.75, 3.05) is 0 Å². The van der Waals surface area contributed by atoms with Crippen LogP contribution in [0, 0.1) is 0 Å². The number of hydrogen-bond donors (Lipinski definition) is 4. The van der Waals surface area contributed by atoms with E-state index in [0.29, 0.717) is 12.8 Å². The Morgan fingerprint density at radius 3 is 1.00 bits per heavy atom. The van der Waals surface area contributed by atoms with E-state index in [4.69, 9.17) is 5.73 Å². The van der Waals surface area contributed by atoms with E-state index >= 15 is 0 Å². The number of unbranched alkanes of at least 4 members (excludes halogenated alkanes) is 28. The summed E-state index contributed by atoms with van der Waals surface area (Å²) in [6, 6.07) is 0. The zero-order valence-corrected chi connectivity index (χ0v) is 31.2. The quantitative estimate of drug-likeness (QED) is 0.0383. The molecule has 0 aromatic heterocycles. The molecule has 0 bridgehead atoms. The van der Waals surface area contributed by atoms with E-state index in [1.807, 2.05) is 0 Å². The fraction of sp³-hybridized carbons (Fsp3) is 0.947. The lowest BCUT2D eigenvalue weighted by molar-refractivity contribution is -0.136. The van der Waals surface area contributed by atoms with Gasteiger partial charge in [0.05, 0.1) is 0 Å². The van der Waals surface area contributed by atoms with Crippen LogP contribution in [0.15, 0.2) is 0 Å². The van der Waals surface area contributed by atoms with Crippen molar-refractivity contribution in [3.63, 3.8) is 0 Å². The first-order valence-electron chi connectivity index (χ1n) is 19.7. The SMILES string of the molecule is CCCCCCCCCCCCCCCCCC(=O)C(O)C(N)(C(=O)CCCCCCCCCCCCCCCCC)P(=O)(O)O. The van der Waals surface area contributed by atoms with Gasteiger partial charge in [0.1, 0.15) is 6.10 Å². The van der Waals surface area contributed by atoms with Crippen molar-refractivity contribution < 1.29 is 29.0 Å². The summed E-state index contributed by atoms with van der Waals surface area (Å²) < 4.78 is 12.3. The molecular weight excluding hydrogens is 597 g/mol. The zero-order valence-electron chi connectivity index (χ0n) is 30.3. The average Bonchev–Trinajstić information content (AvgIpc) is 3.03. The van der Waals surface area contributed by atoms with Gasteiger partial charge in [-0.1, -0.05) is 194 Å². The number of hydrogen-bond acceptors (Lipinski definition) is 5. The molecule has 2 unspecified atom stereocenters. The first kappa shape index (κ1) is 45.4. The van der Waals surface area contributed by atoms with Gasteiger partial charge in [-0.15, -0.1) is 0 Å². The molecule has 0 aliphatic heterocycles. The molecule has 5 N–H and O–H groups in total. The molecule has 0 saturated carbocycles. The van der Waals surface area contributed by atoms with Crippen LogP contribution in [0.1, 0.15) is 219 Å².